The molecule has 1 aliphatic rings. The zero-order valence-corrected chi connectivity index (χ0v) is 13.3. The highest BCUT2D eigenvalue weighted by Gasteiger charge is 2.21. The lowest BCUT2D eigenvalue weighted by atomic mass is 9.93. The van der Waals surface area contributed by atoms with Gasteiger partial charge in [0, 0.05) is 23.7 Å². The number of carbonyl (C=O) groups excluding carboxylic acids is 1. The molecule has 0 saturated heterocycles. The van der Waals surface area contributed by atoms with Gasteiger partial charge in [0.25, 0.3) is 5.91 Å². The molecule has 120 valence electrons. The van der Waals surface area contributed by atoms with Gasteiger partial charge in [0.05, 0.1) is 6.20 Å². The van der Waals surface area contributed by atoms with E-state index in [0.29, 0.717) is 5.56 Å². The number of hydrogen-bond acceptors (Lipinski definition) is 2. The number of benzene rings is 2. The number of fused-ring (bicyclic) bond motifs is 1. The molecule has 0 bridgehead atoms. The van der Waals surface area contributed by atoms with Crippen molar-refractivity contribution in [1.82, 2.24) is 15.5 Å². The number of aromatic nitrogens is 2. The largest absolute Gasteiger partial charge is 0.349 e. The molecule has 0 radical (unpaired) electrons. The van der Waals surface area contributed by atoms with Crippen molar-refractivity contribution >= 4 is 5.91 Å². The number of aromatic amines is 1. The van der Waals surface area contributed by atoms with Crippen LogP contribution in [0.3, 0.4) is 0 Å². The Kier molecular flexibility index (Phi) is 3.87. The molecule has 4 heteroatoms. The topological polar surface area (TPSA) is 57.8 Å². The molecule has 1 atom stereocenters. The van der Waals surface area contributed by atoms with Gasteiger partial charge in [-0.3, -0.25) is 9.89 Å². The maximum Gasteiger partial charge on any atom is 0.251 e. The predicted octanol–water partition coefficient (Wildman–Crippen LogP) is 3.36. The van der Waals surface area contributed by atoms with Crippen LogP contribution in [-0.4, -0.2) is 22.1 Å². The van der Waals surface area contributed by atoms with Crippen LogP contribution in [0.4, 0.5) is 0 Å². The Morgan fingerprint density at radius 2 is 1.79 bits per heavy atom. The first-order valence-electron chi connectivity index (χ1n) is 8.27. The van der Waals surface area contributed by atoms with Gasteiger partial charge in [-0.15, -0.1) is 0 Å². The Morgan fingerprint density at radius 3 is 2.58 bits per heavy atom. The number of H-pyrrole nitrogens is 1. The van der Waals surface area contributed by atoms with Gasteiger partial charge in [0.1, 0.15) is 0 Å². The van der Waals surface area contributed by atoms with Gasteiger partial charge in [-0.1, -0.05) is 42.5 Å². The van der Waals surface area contributed by atoms with E-state index in [9.17, 15) is 4.79 Å². The molecule has 0 fully saturated rings. The number of hydrogen-bond donors (Lipinski definition) is 2. The lowest BCUT2D eigenvalue weighted by Gasteiger charge is -2.22. The van der Waals surface area contributed by atoms with E-state index in [1.165, 1.54) is 5.56 Å². The van der Waals surface area contributed by atoms with Crippen LogP contribution in [0, 0.1) is 0 Å². The van der Waals surface area contributed by atoms with Gasteiger partial charge >= 0.3 is 0 Å². The summed E-state index contributed by atoms with van der Waals surface area (Å²) in [6.07, 6.45) is 4.63. The van der Waals surface area contributed by atoms with E-state index in [1.807, 2.05) is 48.7 Å². The SMILES string of the molecule is O=C(NC1CCc2cn[nH]c2C1)c1ccc(-c2ccccc2)cc1. The number of nitrogens with zero attached hydrogens (tertiary/aromatic N) is 1. The summed E-state index contributed by atoms with van der Waals surface area (Å²) in [5.74, 6) is -0.0115. The predicted molar refractivity (Wildman–Crippen MR) is 93.7 cm³/mol. The third-order valence-corrected chi connectivity index (χ3v) is 4.61. The molecular weight excluding hydrogens is 298 g/mol. The van der Waals surface area contributed by atoms with Gasteiger partial charge in [-0.2, -0.15) is 5.10 Å². The Labute approximate surface area is 140 Å². The molecule has 4 nitrogen and oxygen atoms in total. The molecule has 1 aromatic heterocycles. The van der Waals surface area contributed by atoms with Crippen molar-refractivity contribution < 1.29 is 4.79 Å². The highest BCUT2D eigenvalue weighted by molar-refractivity contribution is 5.94. The molecule has 1 unspecified atom stereocenters. The van der Waals surface area contributed by atoms with Crippen LogP contribution < -0.4 is 5.32 Å². The molecule has 1 heterocycles. The lowest BCUT2D eigenvalue weighted by Crippen LogP contribution is -2.38. The van der Waals surface area contributed by atoms with Gasteiger partial charge in [0.15, 0.2) is 0 Å². The van der Waals surface area contributed by atoms with E-state index in [2.05, 4.69) is 27.6 Å². The normalized spacial score (nSPS) is 16.4. The number of amides is 1. The monoisotopic (exact) mass is 317 g/mol. The molecule has 1 aliphatic carbocycles. The number of aryl methyl sites for hydroxylation is 1. The average molecular weight is 317 g/mol. The molecule has 0 saturated carbocycles. The van der Waals surface area contributed by atoms with Crippen LogP contribution in [-0.2, 0) is 12.8 Å². The highest BCUT2D eigenvalue weighted by Crippen LogP contribution is 2.21. The van der Waals surface area contributed by atoms with E-state index >= 15 is 0 Å². The molecule has 2 N–H and O–H groups in total. The van der Waals surface area contributed by atoms with E-state index in [1.54, 1.807) is 0 Å². The smallest absolute Gasteiger partial charge is 0.251 e. The third-order valence-electron chi connectivity index (χ3n) is 4.61. The molecule has 1 amide bonds. The Morgan fingerprint density at radius 1 is 1.04 bits per heavy atom. The molecule has 0 spiro atoms. The molecule has 4 rings (SSSR count). The summed E-state index contributed by atoms with van der Waals surface area (Å²) in [6.45, 7) is 0. The van der Waals surface area contributed by atoms with Crippen LogP contribution in [0.25, 0.3) is 11.1 Å². The summed E-state index contributed by atoms with van der Waals surface area (Å²) in [6, 6.07) is 18.1. The Hall–Kier alpha value is -2.88. The van der Waals surface area contributed by atoms with Crippen LogP contribution in [0.5, 0.6) is 0 Å². The number of rotatable bonds is 3. The second-order valence-corrected chi connectivity index (χ2v) is 6.23. The van der Waals surface area contributed by atoms with Gasteiger partial charge < -0.3 is 5.32 Å². The van der Waals surface area contributed by atoms with Crippen LogP contribution in [0.15, 0.2) is 60.8 Å². The molecule has 3 aromatic rings. The fraction of sp³-hybridized carbons (Fsp3) is 0.200. The third kappa shape index (κ3) is 2.95. The van der Waals surface area contributed by atoms with Crippen molar-refractivity contribution in [1.29, 1.82) is 0 Å². The second-order valence-electron chi connectivity index (χ2n) is 6.23. The number of nitrogens with one attached hydrogen (secondary N) is 2. The zero-order valence-electron chi connectivity index (χ0n) is 13.3. The minimum Gasteiger partial charge on any atom is -0.349 e. The maximum atomic E-state index is 12.5. The maximum absolute atomic E-state index is 12.5. The number of carbonyl (C=O) groups is 1. The van der Waals surface area contributed by atoms with Crippen molar-refractivity contribution in [3.8, 4) is 11.1 Å². The van der Waals surface area contributed by atoms with Crippen LogP contribution in [0.1, 0.15) is 28.0 Å². The molecular formula is C20H19N3O. The van der Waals surface area contributed by atoms with Crippen molar-refractivity contribution in [2.24, 2.45) is 0 Å². The standard InChI is InChI=1S/C20H19N3O/c24-20(22-18-11-10-17-13-21-23-19(17)12-18)16-8-6-15(7-9-16)14-4-2-1-3-5-14/h1-9,13,18H,10-12H2,(H,21,23)(H,22,24). The van der Waals surface area contributed by atoms with Crippen LogP contribution in [0.2, 0.25) is 0 Å². The average Bonchev–Trinajstić information content (AvgIpc) is 3.10. The first-order chi connectivity index (χ1) is 11.8. The van der Waals surface area contributed by atoms with Crippen molar-refractivity contribution in [3.05, 3.63) is 77.6 Å². The second kappa shape index (κ2) is 6.32. The summed E-state index contributed by atoms with van der Waals surface area (Å²) in [7, 11) is 0. The Balaban J connectivity index is 1.44. The first-order valence-corrected chi connectivity index (χ1v) is 8.27. The first kappa shape index (κ1) is 14.7. The summed E-state index contributed by atoms with van der Waals surface area (Å²) >= 11 is 0. The zero-order chi connectivity index (χ0) is 16.4. The molecule has 0 aliphatic heterocycles. The molecule has 24 heavy (non-hydrogen) atoms. The van der Waals surface area contributed by atoms with E-state index in [0.717, 1.165) is 36.1 Å². The van der Waals surface area contributed by atoms with E-state index in [4.69, 9.17) is 0 Å². The van der Waals surface area contributed by atoms with Gasteiger partial charge in [-0.05, 0) is 41.7 Å². The Bertz CT molecular complexity index is 837. The van der Waals surface area contributed by atoms with E-state index < -0.39 is 0 Å². The van der Waals surface area contributed by atoms with Crippen molar-refractivity contribution in [2.75, 3.05) is 0 Å². The van der Waals surface area contributed by atoms with Gasteiger partial charge in [-0.25, -0.2) is 0 Å². The quantitative estimate of drug-likeness (QED) is 0.778. The van der Waals surface area contributed by atoms with Crippen molar-refractivity contribution in [3.63, 3.8) is 0 Å². The fourth-order valence-electron chi connectivity index (χ4n) is 3.24. The summed E-state index contributed by atoms with van der Waals surface area (Å²) < 4.78 is 0. The summed E-state index contributed by atoms with van der Waals surface area (Å²) in [5, 5.41) is 10.2. The lowest BCUT2D eigenvalue weighted by molar-refractivity contribution is 0.0933. The van der Waals surface area contributed by atoms with Gasteiger partial charge in [0.2, 0.25) is 0 Å². The van der Waals surface area contributed by atoms with Crippen LogP contribution >= 0.6 is 0 Å². The summed E-state index contributed by atoms with van der Waals surface area (Å²) in [4.78, 5) is 12.5. The summed E-state index contributed by atoms with van der Waals surface area (Å²) in [5.41, 5.74) is 5.39. The van der Waals surface area contributed by atoms with E-state index in [-0.39, 0.29) is 11.9 Å². The minimum absolute atomic E-state index is 0.0115. The molecule has 2 aromatic carbocycles. The van der Waals surface area contributed by atoms with Crippen molar-refractivity contribution in [2.45, 2.75) is 25.3 Å². The highest BCUT2D eigenvalue weighted by atomic mass is 16.1. The fourth-order valence-corrected chi connectivity index (χ4v) is 3.24. The minimum atomic E-state index is -0.0115.